The van der Waals surface area contributed by atoms with Gasteiger partial charge in [0.1, 0.15) is 0 Å². The summed E-state index contributed by atoms with van der Waals surface area (Å²) < 4.78 is 3.42. The van der Waals surface area contributed by atoms with Crippen LogP contribution in [0, 0.1) is 0 Å². The summed E-state index contributed by atoms with van der Waals surface area (Å²) >= 11 is 4.65. The van der Waals surface area contributed by atoms with Gasteiger partial charge >= 0.3 is 17.1 Å². The van der Waals surface area contributed by atoms with Crippen LogP contribution in [0.25, 0.3) is 0 Å². The van der Waals surface area contributed by atoms with E-state index in [9.17, 15) is 14.4 Å². The van der Waals surface area contributed by atoms with E-state index in [1.807, 2.05) is 0 Å². The van der Waals surface area contributed by atoms with Crippen LogP contribution in [0.1, 0.15) is 19.3 Å². The van der Waals surface area contributed by atoms with Gasteiger partial charge in [-0.25, -0.2) is 28.1 Å². The molecule has 0 unspecified atom stereocenters. The van der Waals surface area contributed by atoms with Crippen LogP contribution in [0.3, 0.4) is 0 Å². The molecule has 1 heterocycles. The number of rotatable bonds is 18. The fourth-order valence-electron chi connectivity index (χ4n) is 2.73. The smallest absolute Gasteiger partial charge is 0.336 e. The number of thioether (sulfide) groups is 3. The topological polar surface area (TPSA) is 127 Å². The Kier molecular flexibility index (Phi) is 15.5. The van der Waals surface area contributed by atoms with E-state index in [0.717, 1.165) is 13.7 Å². The van der Waals surface area contributed by atoms with Crippen molar-refractivity contribution in [3.8, 4) is 0 Å². The zero-order valence-electron chi connectivity index (χ0n) is 17.2. The lowest BCUT2D eigenvalue weighted by Crippen LogP contribution is -2.54. The van der Waals surface area contributed by atoms with Crippen LogP contribution < -0.4 is 17.1 Å². The molecule has 174 valence electrons. The predicted octanol–water partition coefficient (Wildman–Crippen LogP) is -0.481. The highest BCUT2D eigenvalue weighted by molar-refractivity contribution is 7.99. The Morgan fingerprint density at radius 2 is 0.767 bits per heavy atom. The van der Waals surface area contributed by atoms with Crippen LogP contribution in [-0.2, 0) is 19.6 Å². The minimum Gasteiger partial charge on any atom is -0.396 e. The van der Waals surface area contributed by atoms with Crippen LogP contribution >= 0.6 is 35.3 Å². The monoisotopic (exact) mass is 483 g/mol. The molecule has 0 aliphatic rings. The summed E-state index contributed by atoms with van der Waals surface area (Å²) in [6.45, 7) is 0.958. The van der Waals surface area contributed by atoms with Crippen LogP contribution in [0.4, 0.5) is 0 Å². The highest BCUT2D eigenvalue weighted by atomic mass is 32.2. The van der Waals surface area contributed by atoms with Crippen LogP contribution in [0.5, 0.6) is 0 Å². The molecule has 0 amide bonds. The highest BCUT2D eigenvalue weighted by Gasteiger charge is 2.15. The highest BCUT2D eigenvalue weighted by Crippen LogP contribution is 2.04. The van der Waals surface area contributed by atoms with Gasteiger partial charge in [-0.2, -0.15) is 35.3 Å². The number of hydrogen-bond donors (Lipinski definition) is 3. The van der Waals surface area contributed by atoms with Crippen molar-refractivity contribution in [1.29, 1.82) is 0 Å². The van der Waals surface area contributed by atoms with E-state index in [1.165, 1.54) is 0 Å². The molecule has 0 aliphatic carbocycles. The summed E-state index contributed by atoms with van der Waals surface area (Å²) in [5.41, 5.74) is -1.72. The van der Waals surface area contributed by atoms with Gasteiger partial charge in [-0.15, -0.1) is 0 Å². The summed E-state index contributed by atoms with van der Waals surface area (Å²) in [6, 6.07) is 0. The van der Waals surface area contributed by atoms with Gasteiger partial charge in [0.15, 0.2) is 0 Å². The van der Waals surface area contributed by atoms with Crippen molar-refractivity contribution < 1.29 is 15.3 Å². The van der Waals surface area contributed by atoms with Gasteiger partial charge in [0.05, 0.1) is 19.8 Å². The van der Waals surface area contributed by atoms with Gasteiger partial charge in [0, 0.05) is 36.9 Å². The molecule has 0 saturated heterocycles. The first kappa shape index (κ1) is 27.4. The molecule has 1 aromatic heterocycles. The van der Waals surface area contributed by atoms with Gasteiger partial charge < -0.3 is 15.3 Å². The SMILES string of the molecule is O=c1n(CCCSCCO)c(=O)n(CCCSCCO)c(=O)n1CCCSCCO. The maximum atomic E-state index is 12.8. The first-order valence-corrected chi connectivity index (χ1v) is 13.5. The fourth-order valence-corrected chi connectivity index (χ4v) is 4.73. The van der Waals surface area contributed by atoms with Gasteiger partial charge in [-0.05, 0) is 36.5 Å². The summed E-state index contributed by atoms with van der Waals surface area (Å²) in [4.78, 5) is 38.4. The molecule has 0 bridgehead atoms. The van der Waals surface area contributed by atoms with Crippen molar-refractivity contribution in [3.63, 3.8) is 0 Å². The molecule has 0 aromatic carbocycles. The molecule has 30 heavy (non-hydrogen) atoms. The third-order valence-electron chi connectivity index (χ3n) is 4.10. The molecule has 1 aromatic rings. The van der Waals surface area contributed by atoms with Crippen molar-refractivity contribution >= 4 is 35.3 Å². The molecule has 0 fully saturated rings. The second-order valence-corrected chi connectivity index (χ2v) is 10.0. The Balaban J connectivity index is 2.98. The first-order chi connectivity index (χ1) is 14.6. The Bertz CT molecular complexity index is 635. The zero-order chi connectivity index (χ0) is 22.2. The average Bonchev–Trinajstić information content (AvgIpc) is 2.74. The molecule has 3 N–H and O–H groups in total. The Hall–Kier alpha value is -0.660. The number of nitrogens with zero attached hydrogens (tertiary/aromatic N) is 3. The second-order valence-electron chi connectivity index (χ2n) is 6.37. The quantitative estimate of drug-likeness (QED) is 0.237. The van der Waals surface area contributed by atoms with E-state index in [2.05, 4.69) is 0 Å². The third kappa shape index (κ3) is 9.65. The predicted molar refractivity (Wildman–Crippen MR) is 126 cm³/mol. The van der Waals surface area contributed by atoms with Gasteiger partial charge in [0.25, 0.3) is 0 Å². The van der Waals surface area contributed by atoms with Crippen LogP contribution in [0.15, 0.2) is 14.4 Å². The number of hydrogen-bond acceptors (Lipinski definition) is 9. The molecule has 0 atom stereocenters. The van der Waals surface area contributed by atoms with Crippen molar-refractivity contribution in [2.24, 2.45) is 0 Å². The molecule has 12 heteroatoms. The normalized spacial score (nSPS) is 11.3. The van der Waals surface area contributed by atoms with Crippen molar-refractivity contribution in [3.05, 3.63) is 31.5 Å². The molecular weight excluding hydrogens is 450 g/mol. The van der Waals surface area contributed by atoms with Crippen molar-refractivity contribution in [2.45, 2.75) is 38.9 Å². The molecule has 0 saturated carbocycles. The summed E-state index contributed by atoms with van der Waals surface area (Å²) in [6.07, 6.45) is 1.78. The molecule has 0 aliphatic heterocycles. The van der Waals surface area contributed by atoms with Gasteiger partial charge in [-0.3, -0.25) is 0 Å². The molecule has 1 rings (SSSR count). The second kappa shape index (κ2) is 17.0. The van der Waals surface area contributed by atoms with Gasteiger partial charge in [-0.1, -0.05) is 0 Å². The van der Waals surface area contributed by atoms with E-state index in [4.69, 9.17) is 15.3 Å². The maximum Gasteiger partial charge on any atom is 0.336 e. The van der Waals surface area contributed by atoms with E-state index >= 15 is 0 Å². The maximum absolute atomic E-state index is 12.8. The van der Waals surface area contributed by atoms with Gasteiger partial charge in [0.2, 0.25) is 0 Å². The minimum atomic E-state index is -0.574. The lowest BCUT2D eigenvalue weighted by molar-refractivity contribution is 0.322. The van der Waals surface area contributed by atoms with E-state index < -0.39 is 17.1 Å². The van der Waals surface area contributed by atoms with Crippen LogP contribution in [0.2, 0.25) is 0 Å². The lowest BCUT2D eigenvalue weighted by atomic mass is 10.4. The Morgan fingerprint density at radius 3 is 1.00 bits per heavy atom. The number of aliphatic hydroxyl groups excluding tert-OH is 3. The minimum absolute atomic E-state index is 0.0882. The molecule has 0 spiro atoms. The largest absolute Gasteiger partial charge is 0.396 e. The van der Waals surface area contributed by atoms with E-state index in [0.29, 0.717) is 53.8 Å². The number of aliphatic hydroxyl groups is 3. The molecule has 0 radical (unpaired) electrons. The average molecular weight is 484 g/mol. The summed E-state index contributed by atoms with van der Waals surface area (Å²) in [7, 11) is 0. The Morgan fingerprint density at radius 1 is 0.500 bits per heavy atom. The van der Waals surface area contributed by atoms with Crippen molar-refractivity contribution in [2.75, 3.05) is 54.3 Å². The summed E-state index contributed by atoms with van der Waals surface area (Å²) in [5, 5.41) is 26.5. The first-order valence-electron chi connectivity index (χ1n) is 10.1. The molecular formula is C18H33N3O6S3. The van der Waals surface area contributed by atoms with Crippen molar-refractivity contribution in [1.82, 2.24) is 13.7 Å². The fraction of sp³-hybridized carbons (Fsp3) is 0.833. The van der Waals surface area contributed by atoms with E-state index in [-0.39, 0.29) is 39.5 Å². The van der Waals surface area contributed by atoms with Crippen LogP contribution in [-0.4, -0.2) is 83.4 Å². The molecule has 9 nitrogen and oxygen atoms in total. The summed E-state index contributed by atoms with van der Waals surface area (Å²) in [5.74, 6) is 3.95. The number of aromatic nitrogens is 3. The van der Waals surface area contributed by atoms with E-state index in [1.54, 1.807) is 35.3 Å². The Labute approximate surface area is 188 Å². The zero-order valence-corrected chi connectivity index (χ0v) is 19.7. The third-order valence-corrected chi connectivity index (χ3v) is 7.25. The standard InChI is InChI=1S/C18H33N3O6S3/c22-7-13-28-10-1-4-19-16(25)20(5-2-11-29-14-8-23)18(27)21(17(19)26)6-3-12-30-15-9-24/h22-24H,1-15H2. The lowest BCUT2D eigenvalue weighted by Gasteiger charge is -2.14.